The molecule has 9 heteroatoms. The maximum Gasteiger partial charge on any atom is 0.179 e. The van der Waals surface area contributed by atoms with Crippen molar-refractivity contribution in [1.82, 2.24) is 5.32 Å². The minimum Gasteiger partial charge on any atom is -0.772 e. The third kappa shape index (κ3) is 5.37. The zero-order valence-electron chi connectivity index (χ0n) is 17.4. The number of nitrogens with zero attached hydrogens (tertiary/aromatic N) is 1. The van der Waals surface area contributed by atoms with Gasteiger partial charge in [-0.3, -0.25) is 4.21 Å². The van der Waals surface area contributed by atoms with E-state index in [0.29, 0.717) is 16.5 Å². The Labute approximate surface area is 185 Å². The van der Waals surface area contributed by atoms with Crippen LogP contribution >= 0.6 is 11.6 Å². The largest absolute Gasteiger partial charge is 0.772 e. The summed E-state index contributed by atoms with van der Waals surface area (Å²) >= 11 is 4.18. The lowest BCUT2D eigenvalue weighted by Crippen LogP contribution is -2.43. The first-order chi connectivity index (χ1) is 14.4. The van der Waals surface area contributed by atoms with Crippen LogP contribution in [0, 0.1) is 0 Å². The van der Waals surface area contributed by atoms with Crippen molar-refractivity contribution < 1.29 is 18.2 Å². The Morgan fingerprint density at radius 1 is 1.23 bits per heavy atom. The smallest absolute Gasteiger partial charge is 0.179 e. The van der Waals surface area contributed by atoms with Crippen LogP contribution in [0.2, 0.25) is 5.02 Å². The van der Waals surface area contributed by atoms with Crippen molar-refractivity contribution in [1.29, 1.82) is 0 Å². The normalized spacial score (nSPS) is 16.1. The molecular formula is C21H27ClN3O4S-. The standard InChI is InChI=1S/C21H28ClN3O4S/c1-14(16-10-18(22)21(29-3)20(11-16)28-2)24-19-12-17(25-8-6-23-7-9-25)5-4-15(19)13-30(26)27/h4-5,10-12,14,23-24H,6-9,13H2,1-3H3,(H,26,27)/p-1. The Morgan fingerprint density at radius 2 is 1.97 bits per heavy atom. The Morgan fingerprint density at radius 3 is 2.60 bits per heavy atom. The van der Waals surface area contributed by atoms with E-state index in [1.165, 1.54) is 0 Å². The van der Waals surface area contributed by atoms with Gasteiger partial charge in [-0.25, -0.2) is 0 Å². The third-order valence-electron chi connectivity index (χ3n) is 5.18. The highest BCUT2D eigenvalue weighted by molar-refractivity contribution is 7.78. The SMILES string of the molecule is COc1cc(C(C)Nc2cc(N3CCNCC3)ccc2CS(=O)[O-])cc(Cl)c1OC. The molecule has 1 aliphatic heterocycles. The number of rotatable bonds is 8. The van der Waals surface area contributed by atoms with Crippen molar-refractivity contribution in [2.75, 3.05) is 50.6 Å². The van der Waals surface area contributed by atoms with Crippen molar-refractivity contribution in [3.63, 3.8) is 0 Å². The summed E-state index contributed by atoms with van der Waals surface area (Å²) in [5, 5.41) is 7.25. The van der Waals surface area contributed by atoms with Gasteiger partial charge in [-0.05, 0) is 42.3 Å². The molecule has 0 aromatic heterocycles. The van der Waals surface area contributed by atoms with Crippen LogP contribution in [-0.4, -0.2) is 49.2 Å². The molecule has 2 aromatic carbocycles. The molecule has 2 N–H and O–H groups in total. The third-order valence-corrected chi connectivity index (χ3v) is 6.00. The second-order valence-corrected chi connectivity index (χ2v) is 8.43. The fraction of sp³-hybridized carbons (Fsp3) is 0.429. The summed E-state index contributed by atoms with van der Waals surface area (Å²) in [4.78, 5) is 2.29. The van der Waals surface area contributed by atoms with Crippen LogP contribution < -0.4 is 25.0 Å². The van der Waals surface area contributed by atoms with Crippen molar-refractivity contribution in [3.8, 4) is 11.5 Å². The number of hydrogen-bond acceptors (Lipinski definition) is 7. The Hall–Kier alpha value is -2.00. The number of hydrogen-bond donors (Lipinski definition) is 2. The summed E-state index contributed by atoms with van der Waals surface area (Å²) in [6, 6.07) is 9.44. The molecule has 0 spiro atoms. The second-order valence-electron chi connectivity index (χ2n) is 7.13. The minimum absolute atomic E-state index is 0.0520. The van der Waals surface area contributed by atoms with Gasteiger partial charge in [0, 0.05) is 49.3 Å². The molecule has 164 valence electrons. The first kappa shape index (κ1) is 22.7. The number of halogens is 1. The van der Waals surface area contributed by atoms with Crippen LogP contribution in [0.5, 0.6) is 11.5 Å². The molecule has 2 aromatic rings. The van der Waals surface area contributed by atoms with Crippen LogP contribution in [0.25, 0.3) is 0 Å². The van der Waals surface area contributed by atoms with Crippen LogP contribution in [0.1, 0.15) is 24.1 Å². The lowest BCUT2D eigenvalue weighted by atomic mass is 10.1. The minimum atomic E-state index is -2.18. The molecule has 0 bridgehead atoms. The van der Waals surface area contributed by atoms with E-state index in [4.69, 9.17) is 21.1 Å². The molecule has 2 atom stereocenters. The van der Waals surface area contributed by atoms with Crippen molar-refractivity contribution in [3.05, 3.63) is 46.5 Å². The number of methoxy groups -OCH3 is 2. The summed E-state index contributed by atoms with van der Waals surface area (Å²) in [5.41, 5.74) is 3.48. The number of anilines is 2. The summed E-state index contributed by atoms with van der Waals surface area (Å²) in [6.07, 6.45) is 0. The molecule has 3 rings (SSSR count). The summed E-state index contributed by atoms with van der Waals surface area (Å²) in [7, 11) is 3.11. The Kier molecular flexibility index (Phi) is 7.82. The van der Waals surface area contributed by atoms with E-state index in [0.717, 1.165) is 48.7 Å². The summed E-state index contributed by atoms with van der Waals surface area (Å²) < 4.78 is 33.4. The van der Waals surface area contributed by atoms with Gasteiger partial charge >= 0.3 is 0 Å². The van der Waals surface area contributed by atoms with E-state index < -0.39 is 11.1 Å². The van der Waals surface area contributed by atoms with Gasteiger partial charge < -0.3 is 29.6 Å². The molecule has 1 heterocycles. The molecule has 1 saturated heterocycles. The average molecular weight is 453 g/mol. The highest BCUT2D eigenvalue weighted by Crippen LogP contribution is 2.38. The van der Waals surface area contributed by atoms with Crippen molar-refractivity contribution in [2.24, 2.45) is 0 Å². The van der Waals surface area contributed by atoms with E-state index in [9.17, 15) is 8.76 Å². The van der Waals surface area contributed by atoms with E-state index in [2.05, 4.69) is 15.5 Å². The van der Waals surface area contributed by atoms with Gasteiger partial charge in [0.05, 0.1) is 19.2 Å². The Bertz CT molecular complexity index is 906. The quantitative estimate of drug-likeness (QED) is 0.594. The molecule has 0 saturated carbocycles. The van der Waals surface area contributed by atoms with Crippen molar-refractivity contribution in [2.45, 2.75) is 18.7 Å². The summed E-state index contributed by atoms with van der Waals surface area (Å²) in [5.74, 6) is 0.978. The maximum atomic E-state index is 11.4. The fourth-order valence-corrected chi connectivity index (χ4v) is 4.38. The van der Waals surface area contributed by atoms with Gasteiger partial charge in [0.2, 0.25) is 0 Å². The predicted molar refractivity (Wildman–Crippen MR) is 121 cm³/mol. The number of piperazine rings is 1. The van der Waals surface area contributed by atoms with Gasteiger partial charge in [0.1, 0.15) is 0 Å². The lowest BCUT2D eigenvalue weighted by molar-refractivity contribution is 0.354. The van der Waals surface area contributed by atoms with Crippen LogP contribution in [0.3, 0.4) is 0 Å². The van der Waals surface area contributed by atoms with E-state index in [-0.39, 0.29) is 11.8 Å². The molecule has 0 radical (unpaired) electrons. The van der Waals surface area contributed by atoms with Gasteiger partial charge in [-0.1, -0.05) is 28.7 Å². The monoisotopic (exact) mass is 452 g/mol. The first-order valence-electron chi connectivity index (χ1n) is 9.75. The molecule has 1 aliphatic rings. The van der Waals surface area contributed by atoms with E-state index in [1.807, 2.05) is 37.3 Å². The zero-order chi connectivity index (χ0) is 21.7. The number of ether oxygens (including phenoxy) is 2. The van der Waals surface area contributed by atoms with Gasteiger partial charge in [-0.2, -0.15) is 0 Å². The average Bonchev–Trinajstić information content (AvgIpc) is 2.74. The topological polar surface area (TPSA) is 85.9 Å². The number of benzene rings is 2. The highest BCUT2D eigenvalue weighted by atomic mass is 35.5. The molecule has 1 fully saturated rings. The van der Waals surface area contributed by atoms with Crippen LogP contribution in [0.4, 0.5) is 11.4 Å². The van der Waals surface area contributed by atoms with Crippen molar-refractivity contribution >= 4 is 34.1 Å². The Balaban J connectivity index is 1.91. The van der Waals surface area contributed by atoms with E-state index >= 15 is 0 Å². The maximum absolute atomic E-state index is 11.4. The molecular weight excluding hydrogens is 426 g/mol. The van der Waals surface area contributed by atoms with Crippen LogP contribution in [0.15, 0.2) is 30.3 Å². The molecule has 0 amide bonds. The molecule has 2 unspecified atom stereocenters. The van der Waals surface area contributed by atoms with Crippen LogP contribution in [-0.2, 0) is 16.8 Å². The highest BCUT2D eigenvalue weighted by Gasteiger charge is 2.17. The first-order valence-corrected chi connectivity index (χ1v) is 11.4. The zero-order valence-corrected chi connectivity index (χ0v) is 18.9. The lowest BCUT2D eigenvalue weighted by Gasteiger charge is -2.30. The summed E-state index contributed by atoms with van der Waals surface area (Å²) in [6.45, 7) is 5.67. The van der Waals surface area contributed by atoms with E-state index in [1.54, 1.807) is 14.2 Å². The molecule has 0 aliphatic carbocycles. The van der Waals surface area contributed by atoms with Gasteiger partial charge in [0.15, 0.2) is 11.5 Å². The van der Waals surface area contributed by atoms with Gasteiger partial charge in [0.25, 0.3) is 0 Å². The molecule has 7 nitrogen and oxygen atoms in total. The van der Waals surface area contributed by atoms with Gasteiger partial charge in [-0.15, -0.1) is 0 Å². The number of nitrogens with one attached hydrogen (secondary N) is 2. The predicted octanol–water partition coefficient (Wildman–Crippen LogP) is 3.32. The fourth-order valence-electron chi connectivity index (χ4n) is 3.58. The molecule has 30 heavy (non-hydrogen) atoms. The second kappa shape index (κ2) is 10.3.